The molecule has 2 aromatic rings. The first-order chi connectivity index (χ1) is 8.83. The van der Waals surface area contributed by atoms with E-state index in [0.717, 1.165) is 17.1 Å². The number of anilines is 1. The van der Waals surface area contributed by atoms with E-state index in [1.165, 1.54) is 41.7 Å². The number of fused-ring (bicyclic) bond motifs is 1. The Hall–Kier alpha value is -1.22. The van der Waals surface area contributed by atoms with Crippen LogP contribution in [0.5, 0.6) is 0 Å². The van der Waals surface area contributed by atoms with E-state index in [0.29, 0.717) is 0 Å². The van der Waals surface area contributed by atoms with Gasteiger partial charge in [0, 0.05) is 27.9 Å². The lowest BCUT2D eigenvalue weighted by molar-refractivity contribution is 0.623. The normalized spacial score (nSPS) is 16.4. The van der Waals surface area contributed by atoms with Crippen molar-refractivity contribution in [3.8, 4) is 0 Å². The van der Waals surface area contributed by atoms with Crippen molar-refractivity contribution in [2.75, 3.05) is 11.5 Å². The fraction of sp³-hybridized carbons (Fsp3) is 0.400. The molecular weight excluding hydrogens is 240 g/mol. The van der Waals surface area contributed by atoms with Crippen LogP contribution in [0.3, 0.4) is 0 Å². The smallest absolute Gasteiger partial charge is 0.0733 e. The molecule has 18 heavy (non-hydrogen) atoms. The lowest BCUT2D eigenvalue weighted by Crippen LogP contribution is -1.96. The molecule has 0 saturated heterocycles. The third kappa shape index (κ3) is 2.46. The van der Waals surface area contributed by atoms with Crippen LogP contribution >= 0.6 is 11.8 Å². The van der Waals surface area contributed by atoms with Crippen LogP contribution < -0.4 is 5.73 Å². The first kappa shape index (κ1) is 11.8. The van der Waals surface area contributed by atoms with E-state index in [1.807, 2.05) is 30.1 Å². The van der Waals surface area contributed by atoms with Crippen molar-refractivity contribution in [3.05, 3.63) is 30.5 Å². The molecule has 0 bridgehead atoms. The van der Waals surface area contributed by atoms with Crippen molar-refractivity contribution in [1.29, 1.82) is 0 Å². The lowest BCUT2D eigenvalue weighted by atomic mass is 10.1. The van der Waals surface area contributed by atoms with Gasteiger partial charge in [-0.25, -0.2) is 0 Å². The van der Waals surface area contributed by atoms with Gasteiger partial charge in [0.1, 0.15) is 0 Å². The lowest BCUT2D eigenvalue weighted by Gasteiger charge is -2.10. The minimum atomic E-state index is 0.785. The minimum absolute atomic E-state index is 0.785. The summed E-state index contributed by atoms with van der Waals surface area (Å²) in [5, 5.41) is 1.23. The Morgan fingerprint density at radius 1 is 1.22 bits per heavy atom. The van der Waals surface area contributed by atoms with Gasteiger partial charge in [0.15, 0.2) is 0 Å². The maximum atomic E-state index is 5.80. The molecule has 1 saturated carbocycles. The van der Waals surface area contributed by atoms with Crippen LogP contribution in [0, 0.1) is 5.92 Å². The van der Waals surface area contributed by atoms with Crippen molar-refractivity contribution in [1.82, 2.24) is 4.98 Å². The number of aromatic nitrogens is 1. The summed E-state index contributed by atoms with van der Waals surface area (Å²) in [5.74, 6) is 2.15. The molecule has 2 nitrogen and oxygen atoms in total. The van der Waals surface area contributed by atoms with Gasteiger partial charge in [0.05, 0.1) is 5.52 Å². The molecule has 0 radical (unpaired) electrons. The number of rotatable bonds is 3. The SMILES string of the molecule is Nc1ccc2c(SCC3CCCC3)ccnc2c1. The molecule has 0 spiro atoms. The highest BCUT2D eigenvalue weighted by Crippen LogP contribution is 2.33. The van der Waals surface area contributed by atoms with Crippen molar-refractivity contribution in [2.45, 2.75) is 30.6 Å². The largest absolute Gasteiger partial charge is 0.399 e. The molecule has 0 amide bonds. The van der Waals surface area contributed by atoms with Crippen LogP contribution in [-0.4, -0.2) is 10.7 Å². The average Bonchev–Trinajstić information content (AvgIpc) is 2.89. The molecule has 1 heterocycles. The molecule has 1 fully saturated rings. The fourth-order valence-electron chi connectivity index (χ4n) is 2.65. The van der Waals surface area contributed by atoms with Gasteiger partial charge in [0.25, 0.3) is 0 Å². The first-order valence-electron chi connectivity index (χ1n) is 6.60. The molecule has 1 aliphatic rings. The van der Waals surface area contributed by atoms with Gasteiger partial charge in [-0.2, -0.15) is 0 Å². The zero-order valence-electron chi connectivity index (χ0n) is 10.4. The number of hydrogen-bond acceptors (Lipinski definition) is 3. The van der Waals surface area contributed by atoms with Crippen LogP contribution in [-0.2, 0) is 0 Å². The van der Waals surface area contributed by atoms with Crippen LogP contribution in [0.4, 0.5) is 5.69 Å². The number of nitrogens with two attached hydrogens (primary N) is 1. The summed E-state index contributed by atoms with van der Waals surface area (Å²) in [5.41, 5.74) is 7.59. The van der Waals surface area contributed by atoms with Gasteiger partial charge >= 0.3 is 0 Å². The number of nitrogens with zero attached hydrogens (tertiary/aromatic N) is 1. The quantitative estimate of drug-likeness (QED) is 0.665. The number of benzene rings is 1. The summed E-state index contributed by atoms with van der Waals surface area (Å²) in [6.07, 6.45) is 7.53. The molecule has 0 aliphatic heterocycles. The van der Waals surface area contributed by atoms with Crippen molar-refractivity contribution in [2.24, 2.45) is 5.92 Å². The summed E-state index contributed by atoms with van der Waals surface area (Å²) in [6.45, 7) is 0. The van der Waals surface area contributed by atoms with E-state index in [1.54, 1.807) is 0 Å². The Morgan fingerprint density at radius 3 is 2.89 bits per heavy atom. The summed E-state index contributed by atoms with van der Waals surface area (Å²) >= 11 is 1.97. The maximum Gasteiger partial charge on any atom is 0.0733 e. The predicted molar refractivity (Wildman–Crippen MR) is 78.8 cm³/mol. The van der Waals surface area contributed by atoms with Gasteiger partial charge in [-0.1, -0.05) is 12.8 Å². The fourth-order valence-corrected chi connectivity index (χ4v) is 3.88. The number of nitrogen functional groups attached to an aromatic ring is 1. The van der Waals surface area contributed by atoms with E-state index >= 15 is 0 Å². The second-order valence-electron chi connectivity index (χ2n) is 5.05. The van der Waals surface area contributed by atoms with E-state index in [2.05, 4.69) is 17.1 Å². The Kier molecular flexibility index (Phi) is 3.41. The molecule has 3 heteroatoms. The third-order valence-electron chi connectivity index (χ3n) is 3.68. The second-order valence-corrected chi connectivity index (χ2v) is 6.11. The Balaban J connectivity index is 1.82. The number of thioether (sulfide) groups is 1. The second kappa shape index (κ2) is 5.19. The number of hydrogen-bond donors (Lipinski definition) is 1. The van der Waals surface area contributed by atoms with Crippen LogP contribution in [0.25, 0.3) is 10.9 Å². The number of pyridine rings is 1. The molecule has 2 N–H and O–H groups in total. The van der Waals surface area contributed by atoms with Crippen molar-refractivity contribution in [3.63, 3.8) is 0 Å². The summed E-state index contributed by atoms with van der Waals surface area (Å²) in [7, 11) is 0. The topological polar surface area (TPSA) is 38.9 Å². The van der Waals surface area contributed by atoms with E-state index < -0.39 is 0 Å². The predicted octanol–water partition coefficient (Wildman–Crippen LogP) is 4.10. The molecule has 0 atom stereocenters. The first-order valence-corrected chi connectivity index (χ1v) is 7.58. The van der Waals surface area contributed by atoms with E-state index in [4.69, 9.17) is 5.73 Å². The summed E-state index contributed by atoms with van der Waals surface area (Å²) in [6, 6.07) is 8.13. The van der Waals surface area contributed by atoms with E-state index in [9.17, 15) is 0 Å². The Morgan fingerprint density at radius 2 is 2.06 bits per heavy atom. The van der Waals surface area contributed by atoms with Crippen molar-refractivity contribution < 1.29 is 0 Å². The van der Waals surface area contributed by atoms with Gasteiger partial charge in [-0.3, -0.25) is 4.98 Å². The standard InChI is InChI=1S/C15H18N2S/c16-12-5-6-13-14(9-12)17-8-7-15(13)18-10-11-3-1-2-4-11/h5-9,11H,1-4,10,16H2. The highest BCUT2D eigenvalue weighted by molar-refractivity contribution is 7.99. The summed E-state index contributed by atoms with van der Waals surface area (Å²) < 4.78 is 0. The van der Waals surface area contributed by atoms with Gasteiger partial charge in [-0.05, 0) is 43.0 Å². The third-order valence-corrected chi connectivity index (χ3v) is 4.98. The maximum absolute atomic E-state index is 5.80. The van der Waals surface area contributed by atoms with Crippen LogP contribution in [0.2, 0.25) is 0 Å². The molecule has 94 valence electrons. The molecule has 1 aromatic carbocycles. The minimum Gasteiger partial charge on any atom is -0.399 e. The summed E-state index contributed by atoms with van der Waals surface area (Å²) in [4.78, 5) is 5.73. The molecule has 1 aromatic heterocycles. The van der Waals surface area contributed by atoms with Crippen LogP contribution in [0.1, 0.15) is 25.7 Å². The monoisotopic (exact) mass is 258 g/mol. The molecular formula is C15H18N2S. The molecule has 1 aliphatic carbocycles. The van der Waals surface area contributed by atoms with Gasteiger partial charge in [-0.15, -0.1) is 11.8 Å². The van der Waals surface area contributed by atoms with Gasteiger partial charge in [0.2, 0.25) is 0 Å². The zero-order chi connectivity index (χ0) is 12.4. The van der Waals surface area contributed by atoms with E-state index in [-0.39, 0.29) is 0 Å². The van der Waals surface area contributed by atoms with Crippen LogP contribution in [0.15, 0.2) is 35.4 Å². The average molecular weight is 258 g/mol. The Bertz CT molecular complexity index is 547. The molecule has 0 unspecified atom stereocenters. The van der Waals surface area contributed by atoms with Gasteiger partial charge < -0.3 is 5.73 Å². The highest BCUT2D eigenvalue weighted by Gasteiger charge is 2.15. The Labute approximate surface area is 112 Å². The highest BCUT2D eigenvalue weighted by atomic mass is 32.2. The van der Waals surface area contributed by atoms with Crippen molar-refractivity contribution >= 4 is 28.4 Å². The zero-order valence-corrected chi connectivity index (χ0v) is 11.2. The molecule has 3 rings (SSSR count).